The van der Waals surface area contributed by atoms with Crippen LogP contribution < -0.4 is 9.47 Å². The van der Waals surface area contributed by atoms with Crippen LogP contribution in [-0.2, 0) is 0 Å². The highest BCUT2D eigenvalue weighted by atomic mass is 16.5. The second kappa shape index (κ2) is 8.67. The van der Waals surface area contributed by atoms with Gasteiger partial charge in [-0.25, -0.2) is 0 Å². The van der Waals surface area contributed by atoms with Crippen LogP contribution in [0.2, 0.25) is 0 Å². The molecule has 1 aromatic heterocycles. The molecule has 0 atom stereocenters. The Bertz CT molecular complexity index is 856. The molecule has 0 saturated carbocycles. The minimum Gasteiger partial charge on any atom is -0.438 e. The molecule has 0 amide bonds. The van der Waals surface area contributed by atoms with Crippen molar-refractivity contribution in [1.82, 2.24) is 4.98 Å². The fourth-order valence-electron chi connectivity index (χ4n) is 2.52. The van der Waals surface area contributed by atoms with E-state index in [0.717, 1.165) is 22.6 Å². The second-order valence-electron chi connectivity index (χ2n) is 5.59. The average Bonchev–Trinajstić information content (AvgIpc) is 2.66. The van der Waals surface area contributed by atoms with E-state index in [0.29, 0.717) is 11.8 Å². The first-order valence-electron chi connectivity index (χ1n) is 8.56. The lowest BCUT2D eigenvalue weighted by Crippen LogP contribution is -1.94. The van der Waals surface area contributed by atoms with E-state index in [1.165, 1.54) is 0 Å². The first-order chi connectivity index (χ1) is 12.8. The molecular formula is C23H21NO2. The van der Waals surface area contributed by atoms with Crippen LogP contribution in [0.3, 0.4) is 0 Å². The Morgan fingerprint density at radius 2 is 1.08 bits per heavy atom. The summed E-state index contributed by atoms with van der Waals surface area (Å²) in [6, 6.07) is 21.2. The van der Waals surface area contributed by atoms with Crippen molar-refractivity contribution in [3.63, 3.8) is 0 Å². The molecule has 130 valence electrons. The third kappa shape index (κ3) is 4.39. The van der Waals surface area contributed by atoms with Gasteiger partial charge in [-0.3, -0.25) is 0 Å². The lowest BCUT2D eigenvalue weighted by Gasteiger charge is -2.11. The number of benzene rings is 2. The molecule has 0 unspecified atom stereocenters. The van der Waals surface area contributed by atoms with Gasteiger partial charge < -0.3 is 9.47 Å². The summed E-state index contributed by atoms with van der Waals surface area (Å²) in [4.78, 5) is 4.47. The maximum absolute atomic E-state index is 5.96. The second-order valence-corrected chi connectivity index (χ2v) is 5.59. The monoisotopic (exact) mass is 343 g/mol. The maximum atomic E-state index is 5.96. The van der Waals surface area contributed by atoms with Gasteiger partial charge in [0.25, 0.3) is 0 Å². The summed E-state index contributed by atoms with van der Waals surface area (Å²) in [6.07, 6.45) is 7.96. The first-order valence-corrected chi connectivity index (χ1v) is 8.56. The van der Waals surface area contributed by atoms with Crippen molar-refractivity contribution in [3.05, 3.63) is 90.0 Å². The van der Waals surface area contributed by atoms with Crippen LogP contribution in [0.25, 0.3) is 12.2 Å². The number of rotatable bonds is 6. The predicted octanol–water partition coefficient (Wildman–Crippen LogP) is 6.73. The molecule has 1 heterocycles. The Balaban J connectivity index is 1.84. The van der Waals surface area contributed by atoms with Crippen LogP contribution in [0.15, 0.2) is 78.9 Å². The van der Waals surface area contributed by atoms with Crippen LogP contribution in [0.1, 0.15) is 25.0 Å². The van der Waals surface area contributed by atoms with Gasteiger partial charge in [-0.1, -0.05) is 66.8 Å². The SMILES string of the molecule is C/C=C\c1ccccc1Oc1cccc(Oc2ccccc2/C=C\C)n1. The standard InChI is InChI=1S/C23H21NO2/c1-3-10-18-12-5-7-14-20(18)25-22-16-9-17-23(24-22)26-21-15-8-6-13-19(21)11-4-2/h3-17H,1-2H3/b10-3-,11-4-. The molecule has 0 aliphatic heterocycles. The zero-order valence-electron chi connectivity index (χ0n) is 14.9. The highest BCUT2D eigenvalue weighted by Crippen LogP contribution is 2.29. The van der Waals surface area contributed by atoms with Gasteiger partial charge in [0.15, 0.2) is 0 Å². The summed E-state index contributed by atoms with van der Waals surface area (Å²) in [5, 5.41) is 0. The molecule has 0 bridgehead atoms. The van der Waals surface area contributed by atoms with Gasteiger partial charge in [-0.2, -0.15) is 4.98 Å². The van der Waals surface area contributed by atoms with E-state index in [1.54, 1.807) is 0 Å². The van der Waals surface area contributed by atoms with Crippen molar-refractivity contribution in [3.8, 4) is 23.3 Å². The molecule has 26 heavy (non-hydrogen) atoms. The summed E-state index contributed by atoms with van der Waals surface area (Å²) >= 11 is 0. The largest absolute Gasteiger partial charge is 0.438 e. The van der Waals surface area contributed by atoms with E-state index in [9.17, 15) is 0 Å². The summed E-state index contributed by atoms with van der Waals surface area (Å²) in [5.41, 5.74) is 2.00. The van der Waals surface area contributed by atoms with Crippen molar-refractivity contribution in [1.29, 1.82) is 0 Å². The number of aromatic nitrogens is 1. The number of para-hydroxylation sites is 2. The highest BCUT2D eigenvalue weighted by molar-refractivity contribution is 5.58. The summed E-state index contributed by atoms with van der Waals surface area (Å²) in [6.45, 7) is 3.96. The first kappa shape index (κ1) is 17.5. The number of nitrogens with zero attached hydrogens (tertiary/aromatic N) is 1. The quantitative estimate of drug-likeness (QED) is 0.497. The zero-order chi connectivity index (χ0) is 18.2. The molecule has 0 saturated heterocycles. The fraction of sp³-hybridized carbons (Fsp3) is 0.0870. The van der Waals surface area contributed by atoms with Gasteiger partial charge in [0, 0.05) is 23.3 Å². The van der Waals surface area contributed by atoms with E-state index >= 15 is 0 Å². The summed E-state index contributed by atoms with van der Waals surface area (Å²) in [7, 11) is 0. The Morgan fingerprint density at radius 1 is 0.615 bits per heavy atom. The molecule has 2 aromatic carbocycles. The van der Waals surface area contributed by atoms with Crippen molar-refractivity contribution in [2.45, 2.75) is 13.8 Å². The van der Waals surface area contributed by atoms with Gasteiger partial charge in [0.1, 0.15) is 11.5 Å². The Hall–Kier alpha value is -3.33. The van der Waals surface area contributed by atoms with Crippen LogP contribution in [0.4, 0.5) is 0 Å². The summed E-state index contributed by atoms with van der Waals surface area (Å²) < 4.78 is 11.9. The molecular weight excluding hydrogens is 322 g/mol. The Kier molecular flexibility index (Phi) is 5.84. The minimum absolute atomic E-state index is 0.489. The molecule has 0 N–H and O–H groups in total. The van der Waals surface area contributed by atoms with Crippen molar-refractivity contribution >= 4 is 12.2 Å². The van der Waals surface area contributed by atoms with Gasteiger partial charge in [-0.05, 0) is 26.0 Å². The third-order valence-corrected chi connectivity index (χ3v) is 3.66. The topological polar surface area (TPSA) is 31.4 Å². The van der Waals surface area contributed by atoms with Crippen LogP contribution in [0, 0.1) is 0 Å². The number of hydrogen-bond donors (Lipinski definition) is 0. The number of pyridine rings is 1. The van der Waals surface area contributed by atoms with E-state index in [1.807, 2.05) is 105 Å². The predicted molar refractivity (Wildman–Crippen MR) is 107 cm³/mol. The summed E-state index contributed by atoms with van der Waals surface area (Å²) in [5.74, 6) is 2.49. The molecule has 0 aliphatic rings. The normalized spacial score (nSPS) is 11.2. The number of hydrogen-bond acceptors (Lipinski definition) is 3. The maximum Gasteiger partial charge on any atom is 0.222 e. The zero-order valence-corrected chi connectivity index (χ0v) is 14.9. The van der Waals surface area contributed by atoms with E-state index in [4.69, 9.17) is 9.47 Å². The van der Waals surface area contributed by atoms with E-state index in [2.05, 4.69) is 4.98 Å². The van der Waals surface area contributed by atoms with Crippen LogP contribution in [0.5, 0.6) is 23.3 Å². The molecule has 3 heteroatoms. The minimum atomic E-state index is 0.489. The van der Waals surface area contributed by atoms with Gasteiger partial charge in [0.05, 0.1) is 0 Å². The van der Waals surface area contributed by atoms with Gasteiger partial charge in [0.2, 0.25) is 11.8 Å². The molecule has 3 aromatic rings. The van der Waals surface area contributed by atoms with Gasteiger partial charge in [-0.15, -0.1) is 0 Å². The Labute approximate surface area is 154 Å². The highest BCUT2D eigenvalue weighted by Gasteiger charge is 2.07. The van der Waals surface area contributed by atoms with Crippen LogP contribution >= 0.6 is 0 Å². The lowest BCUT2D eigenvalue weighted by molar-refractivity contribution is 0.425. The fourth-order valence-corrected chi connectivity index (χ4v) is 2.52. The molecule has 0 fully saturated rings. The molecule has 3 rings (SSSR count). The van der Waals surface area contributed by atoms with E-state index < -0.39 is 0 Å². The Morgan fingerprint density at radius 3 is 1.54 bits per heavy atom. The molecule has 0 spiro atoms. The van der Waals surface area contributed by atoms with Gasteiger partial charge >= 0.3 is 0 Å². The third-order valence-electron chi connectivity index (χ3n) is 3.66. The van der Waals surface area contributed by atoms with E-state index in [-0.39, 0.29) is 0 Å². The van der Waals surface area contributed by atoms with Crippen molar-refractivity contribution < 1.29 is 9.47 Å². The van der Waals surface area contributed by atoms with Crippen molar-refractivity contribution in [2.75, 3.05) is 0 Å². The average molecular weight is 343 g/mol. The lowest BCUT2D eigenvalue weighted by atomic mass is 10.2. The molecule has 0 aliphatic carbocycles. The number of ether oxygens (including phenoxy) is 2. The van der Waals surface area contributed by atoms with Crippen molar-refractivity contribution in [2.24, 2.45) is 0 Å². The van der Waals surface area contributed by atoms with Crippen LogP contribution in [-0.4, -0.2) is 4.98 Å². The smallest absolute Gasteiger partial charge is 0.222 e. The number of allylic oxidation sites excluding steroid dienone is 2. The molecule has 3 nitrogen and oxygen atoms in total. The molecule has 0 radical (unpaired) electrons.